The molecule has 0 aliphatic carbocycles. The molecule has 2 heterocycles. The van der Waals surface area contributed by atoms with Gasteiger partial charge in [0.05, 0.1) is 13.7 Å². The van der Waals surface area contributed by atoms with E-state index >= 15 is 0 Å². The molecule has 3 atom stereocenters. The first-order valence-electron chi connectivity index (χ1n) is 8.14. The van der Waals surface area contributed by atoms with Crippen LogP contribution in [-0.4, -0.2) is 57.5 Å². The fourth-order valence-corrected chi connectivity index (χ4v) is 2.71. The maximum atomic E-state index is 14.1. The Morgan fingerprint density at radius 1 is 1.36 bits per heavy atom. The third-order valence-electron chi connectivity index (χ3n) is 4.24. The van der Waals surface area contributed by atoms with Crippen LogP contribution < -0.4 is 15.7 Å². The Labute approximate surface area is 157 Å². The molecule has 3 unspecified atom stereocenters. The van der Waals surface area contributed by atoms with E-state index in [0.717, 1.165) is 12.3 Å². The molecular formula is C17H17F2N3O6. The van der Waals surface area contributed by atoms with Gasteiger partial charge in [-0.05, 0) is 30.3 Å². The van der Waals surface area contributed by atoms with Crippen LogP contribution in [0.2, 0.25) is 0 Å². The molecule has 1 aliphatic heterocycles. The van der Waals surface area contributed by atoms with Crippen LogP contribution >= 0.6 is 0 Å². The van der Waals surface area contributed by atoms with Gasteiger partial charge in [0, 0.05) is 11.8 Å². The van der Waals surface area contributed by atoms with Gasteiger partial charge in [-0.15, -0.1) is 0 Å². The van der Waals surface area contributed by atoms with Gasteiger partial charge in [-0.25, -0.2) is 4.79 Å². The summed E-state index contributed by atoms with van der Waals surface area (Å²) >= 11 is 0. The van der Waals surface area contributed by atoms with Crippen molar-refractivity contribution in [2.24, 2.45) is 0 Å². The summed E-state index contributed by atoms with van der Waals surface area (Å²) in [4.78, 5) is 27.9. The van der Waals surface area contributed by atoms with Gasteiger partial charge in [0.25, 0.3) is 5.91 Å². The zero-order valence-electron chi connectivity index (χ0n) is 14.6. The van der Waals surface area contributed by atoms with Gasteiger partial charge in [-0.3, -0.25) is 9.36 Å². The van der Waals surface area contributed by atoms with E-state index in [0.29, 0.717) is 10.3 Å². The van der Waals surface area contributed by atoms with E-state index in [1.165, 1.54) is 19.2 Å². The van der Waals surface area contributed by atoms with Gasteiger partial charge in [0.2, 0.25) is 6.23 Å². The van der Waals surface area contributed by atoms with Crippen molar-refractivity contribution >= 4 is 11.7 Å². The quantitative estimate of drug-likeness (QED) is 0.667. The predicted octanol–water partition coefficient (Wildman–Crippen LogP) is 0.390. The second-order valence-corrected chi connectivity index (χ2v) is 6.01. The number of rotatable bonds is 5. The van der Waals surface area contributed by atoms with Crippen LogP contribution in [0, 0.1) is 0 Å². The number of ether oxygens (including phenoxy) is 2. The molecular weight excluding hydrogens is 380 g/mol. The number of carbonyl (C=O) groups excluding carboxylic acids is 1. The predicted molar refractivity (Wildman–Crippen MR) is 91.4 cm³/mol. The largest absolute Gasteiger partial charge is 0.497 e. The highest BCUT2D eigenvalue weighted by molar-refractivity contribution is 6.03. The number of halogens is 2. The van der Waals surface area contributed by atoms with E-state index in [1.807, 2.05) is 0 Å². The molecule has 0 bridgehead atoms. The zero-order chi connectivity index (χ0) is 20.5. The molecule has 3 rings (SSSR count). The standard InChI is InChI=1S/C17H17F2N3O6/c1-27-10-4-2-9(3-5-10)14(25)20-12-6-7-22(16(26)21-12)15-17(18,19)13(24)11(8-23)28-15/h2-7,11,13,15,23-24H,8H2,1H3,(H,20,21,25,26). The van der Waals surface area contributed by atoms with E-state index < -0.39 is 42.6 Å². The summed E-state index contributed by atoms with van der Waals surface area (Å²) in [5, 5.41) is 20.9. The van der Waals surface area contributed by atoms with Crippen LogP contribution in [0.5, 0.6) is 5.75 Å². The second kappa shape index (κ2) is 7.62. The molecule has 1 aliphatic rings. The average molecular weight is 397 g/mol. The van der Waals surface area contributed by atoms with Crippen LogP contribution in [-0.2, 0) is 4.74 Å². The number of nitrogens with one attached hydrogen (secondary N) is 1. The number of carbonyl (C=O) groups is 1. The number of aliphatic hydroxyl groups excluding tert-OH is 2. The van der Waals surface area contributed by atoms with Gasteiger partial charge < -0.3 is 25.0 Å². The van der Waals surface area contributed by atoms with Gasteiger partial charge in [0.15, 0.2) is 6.10 Å². The third kappa shape index (κ3) is 3.59. The SMILES string of the molecule is COc1ccc(C(=O)Nc2ccn(C3OC(CO)C(O)C3(F)F)c(=O)n2)cc1. The number of hydrogen-bond acceptors (Lipinski definition) is 7. The number of alkyl halides is 2. The number of hydrogen-bond donors (Lipinski definition) is 3. The van der Waals surface area contributed by atoms with E-state index in [4.69, 9.17) is 14.6 Å². The monoisotopic (exact) mass is 397 g/mol. The molecule has 1 aromatic heterocycles. The van der Waals surface area contributed by atoms with E-state index in [9.17, 15) is 23.5 Å². The lowest BCUT2D eigenvalue weighted by Crippen LogP contribution is -2.41. The maximum absolute atomic E-state index is 14.1. The summed E-state index contributed by atoms with van der Waals surface area (Å²) in [6, 6.07) is 7.28. The van der Waals surface area contributed by atoms with Gasteiger partial charge in [0.1, 0.15) is 17.7 Å². The summed E-state index contributed by atoms with van der Waals surface area (Å²) < 4.78 is 38.7. The van der Waals surface area contributed by atoms with Gasteiger partial charge >= 0.3 is 11.6 Å². The lowest BCUT2D eigenvalue weighted by atomic mass is 10.1. The fourth-order valence-electron chi connectivity index (χ4n) is 2.71. The van der Waals surface area contributed by atoms with Crippen molar-refractivity contribution in [3.8, 4) is 5.75 Å². The first-order valence-corrected chi connectivity index (χ1v) is 8.14. The first-order chi connectivity index (χ1) is 13.3. The summed E-state index contributed by atoms with van der Waals surface area (Å²) in [6.07, 6.45) is -4.99. The van der Waals surface area contributed by atoms with Crippen molar-refractivity contribution in [2.75, 3.05) is 19.0 Å². The van der Waals surface area contributed by atoms with Crippen LogP contribution in [0.25, 0.3) is 0 Å². The number of benzene rings is 1. The summed E-state index contributed by atoms with van der Waals surface area (Å²) in [5.74, 6) is -3.97. The molecule has 0 saturated carbocycles. The molecule has 1 aromatic carbocycles. The first kappa shape index (κ1) is 19.9. The van der Waals surface area contributed by atoms with Crippen molar-refractivity contribution in [1.29, 1.82) is 0 Å². The van der Waals surface area contributed by atoms with E-state index in [2.05, 4.69) is 10.3 Å². The lowest BCUT2D eigenvalue weighted by Gasteiger charge is -2.21. The Kier molecular flexibility index (Phi) is 5.40. The van der Waals surface area contributed by atoms with Crippen molar-refractivity contribution in [3.63, 3.8) is 0 Å². The molecule has 1 saturated heterocycles. The summed E-state index contributed by atoms with van der Waals surface area (Å²) in [5.41, 5.74) is -0.852. The number of aromatic nitrogens is 2. The van der Waals surface area contributed by atoms with Gasteiger partial charge in [-0.2, -0.15) is 13.8 Å². The van der Waals surface area contributed by atoms with Crippen molar-refractivity contribution in [1.82, 2.24) is 9.55 Å². The highest BCUT2D eigenvalue weighted by atomic mass is 19.3. The third-order valence-corrected chi connectivity index (χ3v) is 4.24. The summed E-state index contributed by atoms with van der Waals surface area (Å²) in [7, 11) is 1.48. The molecule has 0 radical (unpaired) electrons. The van der Waals surface area contributed by atoms with Crippen LogP contribution in [0.15, 0.2) is 41.3 Å². The molecule has 2 aromatic rings. The van der Waals surface area contributed by atoms with Gasteiger partial charge in [-0.1, -0.05) is 0 Å². The number of amides is 1. The molecule has 3 N–H and O–H groups in total. The van der Waals surface area contributed by atoms with Crippen LogP contribution in [0.3, 0.4) is 0 Å². The van der Waals surface area contributed by atoms with Crippen LogP contribution in [0.1, 0.15) is 16.6 Å². The van der Waals surface area contributed by atoms with Crippen molar-refractivity contribution in [2.45, 2.75) is 24.4 Å². The van der Waals surface area contributed by atoms with Crippen molar-refractivity contribution in [3.05, 3.63) is 52.6 Å². The average Bonchev–Trinajstić information content (AvgIpc) is 2.91. The number of aliphatic hydroxyl groups is 2. The number of anilines is 1. The smallest absolute Gasteiger partial charge is 0.351 e. The molecule has 1 amide bonds. The Balaban J connectivity index is 1.79. The van der Waals surface area contributed by atoms with E-state index in [1.54, 1.807) is 12.1 Å². The minimum Gasteiger partial charge on any atom is -0.497 e. The highest BCUT2D eigenvalue weighted by Gasteiger charge is 2.59. The number of nitrogens with zero attached hydrogens (tertiary/aromatic N) is 2. The Morgan fingerprint density at radius 2 is 2.04 bits per heavy atom. The topological polar surface area (TPSA) is 123 Å². The fraction of sp³-hybridized carbons (Fsp3) is 0.353. The Morgan fingerprint density at radius 3 is 2.57 bits per heavy atom. The van der Waals surface area contributed by atoms with E-state index in [-0.39, 0.29) is 11.4 Å². The zero-order valence-corrected chi connectivity index (χ0v) is 14.6. The van der Waals surface area contributed by atoms with Crippen LogP contribution in [0.4, 0.5) is 14.6 Å². The lowest BCUT2D eigenvalue weighted by molar-refractivity contribution is -0.140. The molecule has 0 spiro atoms. The minimum atomic E-state index is -3.81. The molecule has 11 heteroatoms. The summed E-state index contributed by atoms with van der Waals surface area (Å²) in [6.45, 7) is -0.842. The number of methoxy groups -OCH3 is 1. The second-order valence-electron chi connectivity index (χ2n) is 6.01. The normalized spacial score (nSPS) is 23.4. The molecule has 1 fully saturated rings. The maximum Gasteiger partial charge on any atom is 0.351 e. The highest BCUT2D eigenvalue weighted by Crippen LogP contribution is 2.41. The van der Waals surface area contributed by atoms with Crippen molar-refractivity contribution < 1.29 is 33.3 Å². The molecule has 9 nitrogen and oxygen atoms in total. The Hall–Kier alpha value is -2.89. The molecule has 150 valence electrons. The Bertz CT molecular complexity index is 918. The molecule has 28 heavy (non-hydrogen) atoms. The minimum absolute atomic E-state index is 0.150.